The minimum atomic E-state index is 0.102. The van der Waals surface area contributed by atoms with Crippen LogP contribution in [-0.2, 0) is 6.42 Å². The number of carbonyl (C=O) groups is 2. The second kappa shape index (κ2) is 15.2. The van der Waals surface area contributed by atoms with Gasteiger partial charge in [0.25, 0.3) is 0 Å². The van der Waals surface area contributed by atoms with Crippen LogP contribution in [-0.4, -0.2) is 60.6 Å². The zero-order chi connectivity index (χ0) is 26.6. The van der Waals surface area contributed by atoms with E-state index in [1.165, 1.54) is 49.7 Å². The molecular weight excluding hydrogens is 456 g/mol. The second-order valence-electron chi connectivity index (χ2n) is 11.2. The number of Topliss-reactive ketones (excluding diaryl/α,β-unsaturated/α-hetero) is 2. The fourth-order valence-electron chi connectivity index (χ4n) is 5.42. The van der Waals surface area contributed by atoms with Crippen molar-refractivity contribution < 1.29 is 9.59 Å². The highest BCUT2D eigenvalue weighted by Gasteiger charge is 2.21. The molecule has 2 fully saturated rings. The van der Waals surface area contributed by atoms with Crippen LogP contribution in [0.4, 0.5) is 0 Å². The van der Waals surface area contributed by atoms with E-state index in [1.54, 1.807) is 0 Å². The highest BCUT2D eigenvalue weighted by atomic mass is 16.1. The van der Waals surface area contributed by atoms with Gasteiger partial charge in [-0.2, -0.15) is 0 Å². The van der Waals surface area contributed by atoms with E-state index in [0.717, 1.165) is 56.8 Å². The number of aryl methyl sites for hydroxylation is 2. The van der Waals surface area contributed by atoms with Gasteiger partial charge in [0, 0.05) is 36.1 Å². The summed E-state index contributed by atoms with van der Waals surface area (Å²) in [5, 5.41) is 0. The van der Waals surface area contributed by atoms with E-state index in [4.69, 9.17) is 0 Å². The highest BCUT2D eigenvalue weighted by Crippen LogP contribution is 2.16. The molecule has 4 heteroatoms. The van der Waals surface area contributed by atoms with Crippen molar-refractivity contribution in [3.8, 4) is 0 Å². The lowest BCUT2D eigenvalue weighted by atomic mass is 9.97. The summed E-state index contributed by atoms with van der Waals surface area (Å²) in [6, 6.07) is 16.0. The molecule has 0 aliphatic carbocycles. The third kappa shape index (κ3) is 9.50. The Kier molecular flexibility index (Phi) is 12.0. The average molecular weight is 505 g/mol. The van der Waals surface area contributed by atoms with Gasteiger partial charge in [0.15, 0.2) is 11.6 Å². The molecule has 2 unspecified atom stereocenters. The number of rotatable bonds is 9. The quantitative estimate of drug-likeness (QED) is 0.350. The van der Waals surface area contributed by atoms with E-state index in [9.17, 15) is 9.59 Å². The maximum atomic E-state index is 12.4. The lowest BCUT2D eigenvalue weighted by molar-refractivity contribution is 0.0876. The Morgan fingerprint density at radius 3 is 1.41 bits per heavy atom. The van der Waals surface area contributed by atoms with Gasteiger partial charge in [0.05, 0.1) is 0 Å². The van der Waals surface area contributed by atoms with E-state index in [-0.39, 0.29) is 23.4 Å². The number of benzene rings is 2. The predicted octanol–water partition coefficient (Wildman–Crippen LogP) is 6.85. The molecule has 0 N–H and O–H groups in total. The van der Waals surface area contributed by atoms with Crippen LogP contribution in [0.15, 0.2) is 48.5 Å². The van der Waals surface area contributed by atoms with Crippen LogP contribution in [0, 0.1) is 18.8 Å². The van der Waals surface area contributed by atoms with Gasteiger partial charge in [-0.25, -0.2) is 0 Å². The second-order valence-corrected chi connectivity index (χ2v) is 11.2. The third-order valence-corrected chi connectivity index (χ3v) is 7.84. The molecule has 4 nitrogen and oxygen atoms in total. The van der Waals surface area contributed by atoms with Gasteiger partial charge in [-0.3, -0.25) is 9.59 Å². The Balaban J connectivity index is 0.000000206. The fourth-order valence-corrected chi connectivity index (χ4v) is 5.42. The van der Waals surface area contributed by atoms with Crippen molar-refractivity contribution in [3.05, 3.63) is 70.8 Å². The Labute approximate surface area is 225 Å². The Hall–Kier alpha value is -2.30. The third-order valence-electron chi connectivity index (χ3n) is 7.84. The van der Waals surface area contributed by atoms with Crippen LogP contribution in [0.25, 0.3) is 0 Å². The molecule has 0 amide bonds. The molecule has 4 rings (SSSR count). The number of piperidine rings is 2. The molecule has 37 heavy (non-hydrogen) atoms. The molecule has 2 aromatic carbocycles. The molecule has 2 atom stereocenters. The number of hydrogen-bond donors (Lipinski definition) is 0. The van der Waals surface area contributed by atoms with Gasteiger partial charge in [0.1, 0.15) is 0 Å². The van der Waals surface area contributed by atoms with E-state index >= 15 is 0 Å². The molecule has 2 aliphatic heterocycles. The van der Waals surface area contributed by atoms with Crippen molar-refractivity contribution in [3.63, 3.8) is 0 Å². The zero-order valence-corrected chi connectivity index (χ0v) is 23.7. The first kappa shape index (κ1) is 29.3. The topological polar surface area (TPSA) is 40.6 Å². The molecule has 0 saturated carbocycles. The molecule has 2 aromatic rings. The molecule has 0 bridgehead atoms. The SMILES string of the molecule is CCc1ccc(C(=O)C(C)CN2CCCCC2)cc1.Cc1ccc(C(=O)C(C)CN2CCCCC2)cc1. The largest absolute Gasteiger partial charge is 0.303 e. The summed E-state index contributed by atoms with van der Waals surface area (Å²) in [4.78, 5) is 29.6. The van der Waals surface area contributed by atoms with Crippen molar-refractivity contribution in [2.45, 2.75) is 72.6 Å². The first-order chi connectivity index (χ1) is 17.9. The van der Waals surface area contributed by atoms with E-state index < -0.39 is 0 Å². The number of hydrogen-bond acceptors (Lipinski definition) is 4. The van der Waals surface area contributed by atoms with Crippen LogP contribution in [0.5, 0.6) is 0 Å². The molecular formula is C33H48N2O2. The van der Waals surface area contributed by atoms with Gasteiger partial charge < -0.3 is 9.80 Å². The first-order valence-electron chi connectivity index (χ1n) is 14.6. The lowest BCUT2D eigenvalue weighted by Gasteiger charge is -2.28. The van der Waals surface area contributed by atoms with Gasteiger partial charge >= 0.3 is 0 Å². The van der Waals surface area contributed by atoms with Crippen LogP contribution in [0.3, 0.4) is 0 Å². The Bertz CT molecular complexity index is 955. The Morgan fingerprint density at radius 2 is 1.03 bits per heavy atom. The lowest BCUT2D eigenvalue weighted by Crippen LogP contribution is -2.35. The van der Waals surface area contributed by atoms with Crippen molar-refractivity contribution >= 4 is 11.6 Å². The summed E-state index contributed by atoms with van der Waals surface area (Å²) in [5.41, 5.74) is 4.21. The summed E-state index contributed by atoms with van der Waals surface area (Å²) in [6.07, 6.45) is 8.85. The zero-order valence-electron chi connectivity index (χ0n) is 23.7. The number of ketones is 2. The predicted molar refractivity (Wildman–Crippen MR) is 155 cm³/mol. The van der Waals surface area contributed by atoms with Crippen molar-refractivity contribution in [2.75, 3.05) is 39.3 Å². The highest BCUT2D eigenvalue weighted by molar-refractivity contribution is 5.98. The molecule has 2 heterocycles. The normalized spacial score (nSPS) is 18.4. The smallest absolute Gasteiger partial charge is 0.166 e. The van der Waals surface area contributed by atoms with E-state index in [2.05, 4.69) is 42.7 Å². The van der Waals surface area contributed by atoms with Crippen molar-refractivity contribution in [1.29, 1.82) is 0 Å². The van der Waals surface area contributed by atoms with E-state index in [1.807, 2.05) is 43.3 Å². The molecule has 0 aromatic heterocycles. The monoisotopic (exact) mass is 504 g/mol. The molecule has 2 aliphatic rings. The minimum Gasteiger partial charge on any atom is -0.303 e. The number of carbonyl (C=O) groups excluding carboxylic acids is 2. The fraction of sp³-hybridized carbons (Fsp3) is 0.576. The standard InChI is InChI=1S/C17H25NO.C16H23NO/c1-3-15-7-9-16(10-8-15)17(19)14(2)13-18-11-5-4-6-12-18;1-13-6-8-15(9-7-13)16(18)14(2)12-17-10-4-3-5-11-17/h7-10,14H,3-6,11-13H2,1-2H3;6-9,14H,3-5,10-12H2,1-2H3. The summed E-state index contributed by atoms with van der Waals surface area (Å²) in [6.45, 7) is 14.7. The minimum absolute atomic E-state index is 0.102. The first-order valence-corrected chi connectivity index (χ1v) is 14.6. The summed E-state index contributed by atoms with van der Waals surface area (Å²) in [7, 11) is 0. The van der Waals surface area contributed by atoms with Crippen LogP contribution in [0.1, 0.15) is 91.1 Å². The van der Waals surface area contributed by atoms with E-state index in [0.29, 0.717) is 0 Å². The summed E-state index contributed by atoms with van der Waals surface area (Å²) >= 11 is 0. The Morgan fingerprint density at radius 1 is 0.649 bits per heavy atom. The molecule has 2 saturated heterocycles. The number of likely N-dealkylation sites (tertiary alicyclic amines) is 2. The maximum absolute atomic E-state index is 12.4. The molecule has 0 radical (unpaired) electrons. The van der Waals surface area contributed by atoms with Crippen molar-refractivity contribution in [2.24, 2.45) is 11.8 Å². The van der Waals surface area contributed by atoms with Crippen LogP contribution in [0.2, 0.25) is 0 Å². The summed E-state index contributed by atoms with van der Waals surface area (Å²) < 4.78 is 0. The molecule has 0 spiro atoms. The van der Waals surface area contributed by atoms with Gasteiger partial charge in [-0.05, 0) is 70.8 Å². The van der Waals surface area contributed by atoms with Gasteiger partial charge in [0.2, 0.25) is 0 Å². The van der Waals surface area contributed by atoms with Crippen LogP contribution < -0.4 is 0 Å². The van der Waals surface area contributed by atoms with Gasteiger partial charge in [-0.15, -0.1) is 0 Å². The van der Waals surface area contributed by atoms with Gasteiger partial charge in [-0.1, -0.05) is 87.7 Å². The van der Waals surface area contributed by atoms with Crippen molar-refractivity contribution in [1.82, 2.24) is 9.80 Å². The number of nitrogens with zero attached hydrogens (tertiary/aromatic N) is 2. The maximum Gasteiger partial charge on any atom is 0.166 e. The van der Waals surface area contributed by atoms with Crippen LogP contribution >= 0.6 is 0 Å². The molecule has 202 valence electrons. The summed E-state index contributed by atoms with van der Waals surface area (Å²) in [5.74, 6) is 0.769. The average Bonchev–Trinajstić information content (AvgIpc) is 2.94.